The number of aliphatic imine (C=N–C) groups is 1. The van der Waals surface area contributed by atoms with Gasteiger partial charge in [-0.2, -0.15) is 0 Å². The van der Waals surface area contributed by atoms with Crippen LogP contribution in [0.4, 0.5) is 0 Å². The first-order valence-corrected chi connectivity index (χ1v) is 17.9. The molecule has 0 unspecified atom stereocenters. The maximum Gasteiger partial charge on any atom is 0.305 e. The first kappa shape index (κ1) is 32.7. The molecule has 8 heteroatoms. The topological polar surface area (TPSA) is 116 Å². The number of pyridine rings is 1. The minimum atomic E-state index is -0.243. The van der Waals surface area contributed by atoms with E-state index in [9.17, 15) is 9.59 Å². The second-order valence-corrected chi connectivity index (χ2v) is 14.2. The SMILES string of the molecule is CCc1c2[nH]c(c1C)Cc1[nH]c(c(C)c1/C=C/c1ccc3ccccc3n1)C=C1N=C(C3=c4[nH]c(c(C)c4C(=O)C3)=C2)[C@@H](CCC(=O)OC)[C@@H]1C. The molecule has 2 atom stereocenters. The van der Waals surface area contributed by atoms with Crippen LogP contribution in [0.15, 0.2) is 47.1 Å². The van der Waals surface area contributed by atoms with E-state index in [1.165, 1.54) is 18.2 Å². The first-order valence-electron chi connectivity index (χ1n) is 17.9. The number of allylic oxidation sites excluding steroid dienone is 1. The second-order valence-electron chi connectivity index (χ2n) is 14.2. The summed E-state index contributed by atoms with van der Waals surface area (Å²) in [7, 11) is 1.43. The molecule has 0 spiro atoms. The van der Waals surface area contributed by atoms with E-state index in [1.54, 1.807) is 0 Å². The molecule has 8 nitrogen and oxygen atoms in total. The van der Waals surface area contributed by atoms with Gasteiger partial charge in [-0.25, -0.2) is 4.98 Å². The summed E-state index contributed by atoms with van der Waals surface area (Å²) in [4.78, 5) is 47.4. The van der Waals surface area contributed by atoms with Crippen LogP contribution in [-0.2, 0) is 22.4 Å². The number of aromatic nitrogens is 4. The van der Waals surface area contributed by atoms with Gasteiger partial charge in [-0.3, -0.25) is 14.6 Å². The van der Waals surface area contributed by atoms with Crippen LogP contribution in [0.3, 0.4) is 0 Å². The molecular weight excluding hydrogens is 635 g/mol. The molecule has 0 fully saturated rings. The van der Waals surface area contributed by atoms with Crippen LogP contribution in [0.2, 0.25) is 0 Å². The van der Waals surface area contributed by atoms with E-state index in [-0.39, 0.29) is 30.0 Å². The highest BCUT2D eigenvalue weighted by Gasteiger charge is 2.38. The Bertz CT molecular complexity index is 2500. The third-order valence-electron chi connectivity index (χ3n) is 11.3. The van der Waals surface area contributed by atoms with Crippen molar-refractivity contribution in [2.24, 2.45) is 16.8 Å². The Morgan fingerprint density at radius 1 is 0.941 bits per heavy atom. The number of aromatic amines is 3. The van der Waals surface area contributed by atoms with Crippen LogP contribution >= 0.6 is 0 Å². The molecule has 2 aliphatic heterocycles. The maximum absolute atomic E-state index is 13.6. The van der Waals surface area contributed by atoms with Gasteiger partial charge < -0.3 is 19.7 Å². The highest BCUT2D eigenvalue weighted by Crippen LogP contribution is 2.40. The molecule has 8 rings (SSSR count). The summed E-state index contributed by atoms with van der Waals surface area (Å²) in [5, 5.41) is 2.91. The van der Waals surface area contributed by atoms with E-state index in [4.69, 9.17) is 14.7 Å². The van der Waals surface area contributed by atoms with E-state index < -0.39 is 0 Å². The summed E-state index contributed by atoms with van der Waals surface area (Å²) in [6, 6.07) is 12.3. The molecule has 0 saturated carbocycles. The molecule has 1 aliphatic carbocycles. The zero-order chi connectivity index (χ0) is 35.6. The monoisotopic (exact) mass is 677 g/mol. The maximum atomic E-state index is 13.6. The van der Waals surface area contributed by atoms with E-state index in [1.807, 2.05) is 25.1 Å². The third-order valence-corrected chi connectivity index (χ3v) is 11.3. The molecule has 1 aromatic carbocycles. The number of fused-ring (bicyclic) bond motifs is 8. The molecule has 258 valence electrons. The highest BCUT2D eigenvalue weighted by atomic mass is 16.5. The van der Waals surface area contributed by atoms with Gasteiger partial charge in [0.2, 0.25) is 0 Å². The number of benzene rings is 1. The molecule has 6 heterocycles. The van der Waals surface area contributed by atoms with Crippen molar-refractivity contribution in [3.63, 3.8) is 0 Å². The molecular formula is C43H43N5O3. The quantitative estimate of drug-likeness (QED) is 0.167. The van der Waals surface area contributed by atoms with Crippen molar-refractivity contribution in [3.8, 4) is 0 Å². The van der Waals surface area contributed by atoms with E-state index in [0.717, 1.165) is 95.7 Å². The molecule has 0 saturated heterocycles. The number of nitrogens with one attached hydrogen (secondary N) is 3. The molecule has 3 aliphatic rings. The summed E-state index contributed by atoms with van der Waals surface area (Å²) in [5.41, 5.74) is 15.4. The fourth-order valence-corrected chi connectivity index (χ4v) is 8.36. The number of ether oxygens (including phenoxy) is 1. The number of esters is 1. The molecule has 51 heavy (non-hydrogen) atoms. The predicted molar refractivity (Wildman–Crippen MR) is 204 cm³/mol. The highest BCUT2D eigenvalue weighted by molar-refractivity contribution is 6.28. The van der Waals surface area contributed by atoms with Gasteiger partial charge in [-0.1, -0.05) is 44.2 Å². The Kier molecular flexibility index (Phi) is 8.13. The molecule has 3 N–H and O–H groups in total. The number of hydrogen-bond donors (Lipinski definition) is 3. The Morgan fingerprint density at radius 2 is 1.75 bits per heavy atom. The standard InChI is InChI=1S/C43H43N5O3/c1-7-28-22(2)34-20-38-29(15-14-27-13-12-26-10-8-9-11-32(26)44-27)23(3)33(46-38)19-35-24(4)30(16-17-40(50)51-6)42(47-35)31-18-39(49)41-25(5)36(48-43(31)41)21-37(28)45-34/h8-15,19,21,24,30,45-46,48H,7,16-18,20H2,1-6H3/b15-14+,35-19?,36-21?/t24-,30-/m0/s1. The first-order chi connectivity index (χ1) is 24.6. The van der Waals surface area contributed by atoms with Gasteiger partial charge >= 0.3 is 5.97 Å². The fourth-order valence-electron chi connectivity index (χ4n) is 8.36. The lowest BCUT2D eigenvalue weighted by Crippen LogP contribution is -2.23. The van der Waals surface area contributed by atoms with Crippen molar-refractivity contribution in [2.75, 3.05) is 7.11 Å². The number of carbonyl (C=O) groups excluding carboxylic acids is 2. The number of nitrogens with zero attached hydrogens (tertiary/aromatic N) is 2. The van der Waals surface area contributed by atoms with Crippen molar-refractivity contribution in [1.29, 1.82) is 0 Å². The summed E-state index contributed by atoms with van der Waals surface area (Å²) in [6.07, 6.45) is 11.3. The number of para-hydroxylation sites is 1. The smallest absolute Gasteiger partial charge is 0.305 e. The lowest BCUT2D eigenvalue weighted by molar-refractivity contribution is -0.140. The molecule has 0 radical (unpaired) electrons. The zero-order valence-electron chi connectivity index (χ0n) is 30.1. The Morgan fingerprint density at radius 3 is 2.55 bits per heavy atom. The number of Topliss-reactive ketones (excluding diaryl/α,β-unsaturated/α-hetero) is 1. The second kappa shape index (κ2) is 12.7. The number of rotatable bonds is 6. The largest absolute Gasteiger partial charge is 0.469 e. The lowest BCUT2D eigenvalue weighted by Gasteiger charge is -2.18. The summed E-state index contributed by atoms with van der Waals surface area (Å²) in [6.45, 7) is 10.8. The van der Waals surface area contributed by atoms with Gasteiger partial charge in [0.1, 0.15) is 0 Å². The number of methoxy groups -OCH3 is 1. The normalized spacial score (nSPS) is 18.1. The number of H-pyrrole nitrogens is 3. The zero-order valence-corrected chi connectivity index (χ0v) is 30.1. The van der Waals surface area contributed by atoms with Gasteiger partial charge in [0, 0.05) is 81.4 Å². The van der Waals surface area contributed by atoms with Gasteiger partial charge in [0.05, 0.1) is 29.4 Å². The molecule has 4 aromatic heterocycles. The van der Waals surface area contributed by atoms with Crippen LogP contribution in [0.5, 0.6) is 0 Å². The summed E-state index contributed by atoms with van der Waals surface area (Å²) < 4.78 is 5.03. The predicted octanol–water partition coefficient (Wildman–Crippen LogP) is 7.05. The van der Waals surface area contributed by atoms with Crippen LogP contribution in [0, 0.1) is 32.6 Å². The Labute approximate surface area is 297 Å². The number of carbonyl (C=O) groups is 2. The van der Waals surface area contributed by atoms with Crippen LogP contribution in [0.1, 0.15) is 99.8 Å². The van der Waals surface area contributed by atoms with E-state index in [0.29, 0.717) is 19.3 Å². The molecule has 5 aromatic rings. The van der Waals surface area contributed by atoms with Crippen LogP contribution in [0.25, 0.3) is 40.8 Å². The third kappa shape index (κ3) is 5.54. The van der Waals surface area contributed by atoms with Crippen LogP contribution < -0.4 is 10.7 Å². The Hall–Kier alpha value is -5.50. The summed E-state index contributed by atoms with van der Waals surface area (Å²) >= 11 is 0. The van der Waals surface area contributed by atoms with E-state index in [2.05, 4.69) is 85.2 Å². The average molecular weight is 678 g/mol. The van der Waals surface area contributed by atoms with Gasteiger partial charge in [0.25, 0.3) is 0 Å². The van der Waals surface area contributed by atoms with Crippen molar-refractivity contribution in [3.05, 3.63) is 115 Å². The van der Waals surface area contributed by atoms with Gasteiger partial charge in [-0.05, 0) is 91.8 Å². The van der Waals surface area contributed by atoms with Gasteiger partial charge in [-0.15, -0.1) is 0 Å². The van der Waals surface area contributed by atoms with E-state index >= 15 is 0 Å². The lowest BCUT2D eigenvalue weighted by atomic mass is 9.83. The molecule has 8 bridgehead atoms. The van der Waals surface area contributed by atoms with Crippen LogP contribution in [-0.4, -0.2) is 44.5 Å². The average Bonchev–Trinajstić information content (AvgIpc) is 3.88. The Balaban J connectivity index is 1.34. The summed E-state index contributed by atoms with van der Waals surface area (Å²) in [5.74, 6) is -0.146. The number of hydrogen-bond acceptors (Lipinski definition) is 5. The molecule has 0 amide bonds. The van der Waals surface area contributed by atoms with Crippen molar-refractivity contribution >= 4 is 58.2 Å². The van der Waals surface area contributed by atoms with Gasteiger partial charge in [0.15, 0.2) is 5.78 Å². The minimum absolute atomic E-state index is 0.0286. The minimum Gasteiger partial charge on any atom is -0.469 e. The van der Waals surface area contributed by atoms with Crippen molar-refractivity contribution in [1.82, 2.24) is 19.9 Å². The fraction of sp³-hybridized carbons (Fsp3) is 0.302. The number of ketones is 1. The van der Waals surface area contributed by atoms with Crippen molar-refractivity contribution in [2.45, 2.75) is 66.7 Å². The van der Waals surface area contributed by atoms with Crippen molar-refractivity contribution < 1.29 is 14.3 Å².